The smallest absolute Gasteiger partial charge is 0.378 e. The zero-order chi connectivity index (χ0) is 13.7. The van der Waals surface area contributed by atoms with Gasteiger partial charge in [-0.15, -0.1) is 0 Å². The van der Waals surface area contributed by atoms with Gasteiger partial charge in [0.25, 0.3) is 0 Å². The third-order valence-electron chi connectivity index (χ3n) is 3.14. The molecule has 0 saturated carbocycles. The molecule has 0 rings (SSSR count). The average molecular weight is 261 g/mol. The van der Waals surface area contributed by atoms with Crippen molar-refractivity contribution in [1.29, 1.82) is 0 Å². The minimum absolute atomic E-state index is 0.132. The molecule has 0 spiro atoms. The summed E-state index contributed by atoms with van der Waals surface area (Å²) in [4.78, 5) is 3.43. The summed E-state index contributed by atoms with van der Waals surface area (Å²) in [6.45, 7) is 17.9. The van der Waals surface area contributed by atoms with Crippen molar-refractivity contribution >= 4 is 8.72 Å². The third kappa shape index (κ3) is 6.55. The Bertz CT molecular complexity index is 211. The van der Waals surface area contributed by atoms with Gasteiger partial charge in [0.05, 0.1) is 11.2 Å². The average Bonchev–Trinajstić information content (AvgIpc) is 2.16. The summed E-state index contributed by atoms with van der Waals surface area (Å²) in [6.07, 6.45) is 1.97. The van der Waals surface area contributed by atoms with Gasteiger partial charge >= 0.3 is 8.72 Å². The Morgan fingerprint density at radius 3 is 1.47 bits per heavy atom. The molecule has 17 heavy (non-hydrogen) atoms. The number of hydrogen-bond acceptors (Lipinski definition) is 3. The number of hydrogen-bond donors (Lipinski definition) is 1. The van der Waals surface area contributed by atoms with Crippen LogP contribution in [0.4, 0.5) is 0 Å². The summed E-state index contributed by atoms with van der Waals surface area (Å²) in [7, 11) is -2.31. The van der Waals surface area contributed by atoms with Crippen molar-refractivity contribution in [1.82, 2.24) is 4.98 Å². The van der Waals surface area contributed by atoms with E-state index in [2.05, 4.69) is 60.0 Å². The van der Waals surface area contributed by atoms with Gasteiger partial charge < -0.3 is 8.85 Å². The van der Waals surface area contributed by atoms with E-state index in [9.17, 15) is 0 Å². The molecule has 3 nitrogen and oxygen atoms in total. The Morgan fingerprint density at radius 1 is 0.882 bits per heavy atom. The minimum atomic E-state index is -2.31. The molecule has 0 unspecified atom stereocenters. The monoisotopic (exact) mass is 261 g/mol. The SMILES string of the molecule is CCN[Si](C)(OC(C)(C)CC)OC(C)(C)CC. The van der Waals surface area contributed by atoms with Crippen LogP contribution in [0.5, 0.6) is 0 Å². The highest BCUT2D eigenvalue weighted by molar-refractivity contribution is 6.63. The maximum absolute atomic E-state index is 6.26. The van der Waals surface area contributed by atoms with Crippen molar-refractivity contribution in [3.63, 3.8) is 0 Å². The second-order valence-corrected chi connectivity index (χ2v) is 8.56. The van der Waals surface area contributed by atoms with Crippen molar-refractivity contribution in [2.45, 2.75) is 79.1 Å². The first-order valence-corrected chi connectivity index (χ1v) is 9.06. The van der Waals surface area contributed by atoms with E-state index in [0.717, 1.165) is 19.4 Å². The second kappa shape index (κ2) is 6.32. The number of rotatable bonds is 8. The van der Waals surface area contributed by atoms with Gasteiger partial charge in [-0.2, -0.15) is 0 Å². The van der Waals surface area contributed by atoms with E-state index in [-0.39, 0.29) is 11.2 Å². The molecule has 4 heteroatoms. The molecule has 0 bridgehead atoms. The molecule has 0 atom stereocenters. The van der Waals surface area contributed by atoms with Gasteiger partial charge in [-0.1, -0.05) is 20.8 Å². The van der Waals surface area contributed by atoms with Crippen LogP contribution in [0.2, 0.25) is 6.55 Å². The highest BCUT2D eigenvalue weighted by Gasteiger charge is 2.41. The molecular formula is C13H31NO2Si. The molecule has 0 aromatic carbocycles. The Morgan fingerprint density at radius 2 is 1.24 bits per heavy atom. The normalized spacial score (nSPS) is 14.1. The van der Waals surface area contributed by atoms with E-state index in [1.807, 2.05) is 0 Å². The van der Waals surface area contributed by atoms with Gasteiger partial charge in [-0.3, -0.25) is 4.98 Å². The summed E-state index contributed by atoms with van der Waals surface area (Å²) in [5.41, 5.74) is -0.264. The molecule has 0 aliphatic heterocycles. The van der Waals surface area contributed by atoms with Gasteiger partial charge in [0, 0.05) is 0 Å². The lowest BCUT2D eigenvalue weighted by atomic mass is 10.1. The molecule has 0 aromatic rings. The molecule has 0 aliphatic rings. The summed E-state index contributed by atoms with van der Waals surface area (Å²) in [6, 6.07) is 0. The van der Waals surface area contributed by atoms with Crippen molar-refractivity contribution in [3.05, 3.63) is 0 Å². The third-order valence-corrected chi connectivity index (χ3v) is 6.02. The van der Waals surface area contributed by atoms with Crippen LogP contribution in [-0.2, 0) is 8.85 Å². The predicted molar refractivity (Wildman–Crippen MR) is 76.2 cm³/mol. The van der Waals surface area contributed by atoms with Crippen LogP contribution in [0.3, 0.4) is 0 Å². The van der Waals surface area contributed by atoms with Crippen LogP contribution >= 0.6 is 0 Å². The molecule has 0 amide bonds. The van der Waals surface area contributed by atoms with Crippen molar-refractivity contribution < 1.29 is 8.85 Å². The van der Waals surface area contributed by atoms with E-state index in [4.69, 9.17) is 8.85 Å². The molecule has 0 fully saturated rings. The zero-order valence-corrected chi connectivity index (χ0v) is 13.9. The first-order chi connectivity index (χ1) is 7.60. The zero-order valence-electron chi connectivity index (χ0n) is 12.9. The van der Waals surface area contributed by atoms with E-state index in [0.29, 0.717) is 0 Å². The fourth-order valence-corrected chi connectivity index (χ4v) is 4.84. The summed E-state index contributed by atoms with van der Waals surface area (Å²) >= 11 is 0. The molecule has 0 heterocycles. The van der Waals surface area contributed by atoms with Crippen LogP contribution in [0.25, 0.3) is 0 Å². The van der Waals surface area contributed by atoms with Gasteiger partial charge in [0.15, 0.2) is 0 Å². The molecule has 0 radical (unpaired) electrons. The van der Waals surface area contributed by atoms with Crippen molar-refractivity contribution in [3.8, 4) is 0 Å². The standard InChI is InChI=1S/C13H31NO2Si/c1-9-12(4,5)15-17(8,14-11-3)16-13(6,7)10-2/h14H,9-11H2,1-8H3. The van der Waals surface area contributed by atoms with Crippen molar-refractivity contribution in [2.24, 2.45) is 0 Å². The Balaban J connectivity index is 4.79. The number of nitrogens with one attached hydrogen (secondary N) is 1. The summed E-state index contributed by atoms with van der Waals surface area (Å²) in [5.74, 6) is 0. The maximum atomic E-state index is 6.26. The fourth-order valence-electron chi connectivity index (χ4n) is 1.61. The fraction of sp³-hybridized carbons (Fsp3) is 1.00. The largest absolute Gasteiger partial charge is 0.422 e. The first kappa shape index (κ1) is 17.1. The quantitative estimate of drug-likeness (QED) is 0.678. The van der Waals surface area contributed by atoms with Gasteiger partial charge in [0.2, 0.25) is 0 Å². The Labute approximate surface area is 109 Å². The Kier molecular flexibility index (Phi) is 6.35. The summed E-state index contributed by atoms with van der Waals surface area (Å²) < 4.78 is 12.5. The first-order valence-electron chi connectivity index (χ1n) is 6.75. The van der Waals surface area contributed by atoms with Crippen LogP contribution in [-0.4, -0.2) is 26.5 Å². The lowest BCUT2D eigenvalue weighted by molar-refractivity contribution is -0.00721. The summed E-state index contributed by atoms with van der Waals surface area (Å²) in [5, 5.41) is 0. The molecule has 104 valence electrons. The van der Waals surface area contributed by atoms with Crippen LogP contribution in [0.15, 0.2) is 0 Å². The molecule has 0 saturated heterocycles. The molecular weight excluding hydrogens is 230 g/mol. The van der Waals surface area contributed by atoms with Crippen molar-refractivity contribution in [2.75, 3.05) is 6.54 Å². The topological polar surface area (TPSA) is 30.5 Å². The van der Waals surface area contributed by atoms with Gasteiger partial charge in [-0.05, 0) is 53.6 Å². The highest BCUT2D eigenvalue weighted by Crippen LogP contribution is 2.25. The molecule has 0 aliphatic carbocycles. The lowest BCUT2D eigenvalue weighted by Crippen LogP contribution is -2.60. The highest BCUT2D eigenvalue weighted by atomic mass is 28.4. The van der Waals surface area contributed by atoms with Crippen LogP contribution < -0.4 is 4.98 Å². The Hall–Kier alpha value is 0.0969. The predicted octanol–water partition coefficient (Wildman–Crippen LogP) is 3.58. The maximum Gasteiger partial charge on any atom is 0.422 e. The minimum Gasteiger partial charge on any atom is -0.378 e. The van der Waals surface area contributed by atoms with Gasteiger partial charge in [0.1, 0.15) is 0 Å². The molecule has 1 N–H and O–H groups in total. The van der Waals surface area contributed by atoms with E-state index >= 15 is 0 Å². The van der Waals surface area contributed by atoms with E-state index < -0.39 is 8.72 Å². The van der Waals surface area contributed by atoms with E-state index in [1.54, 1.807) is 0 Å². The van der Waals surface area contributed by atoms with Gasteiger partial charge in [-0.25, -0.2) is 0 Å². The van der Waals surface area contributed by atoms with Crippen LogP contribution in [0.1, 0.15) is 61.3 Å². The molecule has 0 aromatic heterocycles. The lowest BCUT2D eigenvalue weighted by Gasteiger charge is -2.40. The van der Waals surface area contributed by atoms with E-state index in [1.165, 1.54) is 0 Å². The van der Waals surface area contributed by atoms with Crippen LogP contribution in [0, 0.1) is 0 Å². The second-order valence-electron chi connectivity index (χ2n) is 5.91.